The number of carbonyl (C=O) groups excluding carboxylic acids is 2. The number of carbonyl (C=O) groups is 2. The van der Waals surface area contributed by atoms with Gasteiger partial charge in [-0.1, -0.05) is 32.4 Å². The Hall–Kier alpha value is -1.16. The summed E-state index contributed by atoms with van der Waals surface area (Å²) in [5.41, 5.74) is 1.02. The van der Waals surface area contributed by atoms with Crippen molar-refractivity contribution in [2.24, 2.45) is 23.2 Å². The first-order chi connectivity index (χ1) is 9.80. The van der Waals surface area contributed by atoms with Gasteiger partial charge in [0, 0.05) is 18.8 Å². The molecule has 0 amide bonds. The molecule has 1 saturated carbocycles. The molecule has 0 aromatic carbocycles. The van der Waals surface area contributed by atoms with Gasteiger partial charge in [-0.15, -0.1) is 0 Å². The van der Waals surface area contributed by atoms with Crippen molar-refractivity contribution < 1.29 is 19.4 Å². The number of ether oxygens (including phenoxy) is 1. The summed E-state index contributed by atoms with van der Waals surface area (Å²) < 4.78 is 5.53. The normalized spacial score (nSPS) is 40.7. The van der Waals surface area contributed by atoms with E-state index in [4.69, 9.17) is 4.74 Å². The number of aliphatic hydroxyl groups is 1. The molecule has 2 aliphatic rings. The number of hydrogen-bond donors (Lipinski definition) is 1. The van der Waals surface area contributed by atoms with Gasteiger partial charge in [-0.05, 0) is 30.6 Å². The van der Waals surface area contributed by atoms with E-state index in [1.165, 1.54) is 12.5 Å². The second-order valence-electron chi connectivity index (χ2n) is 6.89. The quantitative estimate of drug-likeness (QED) is 0.493. The van der Waals surface area contributed by atoms with Crippen LogP contribution in [-0.2, 0) is 14.3 Å². The van der Waals surface area contributed by atoms with Crippen LogP contribution in [0.1, 0.15) is 47.0 Å². The summed E-state index contributed by atoms with van der Waals surface area (Å²) in [5, 5.41) is 10.00. The number of aldehydes is 1. The summed E-state index contributed by atoms with van der Waals surface area (Å²) in [6, 6.07) is 0. The van der Waals surface area contributed by atoms with Gasteiger partial charge in [0.15, 0.2) is 0 Å². The van der Waals surface area contributed by atoms with E-state index in [-0.39, 0.29) is 35.2 Å². The monoisotopic (exact) mass is 294 g/mol. The summed E-state index contributed by atoms with van der Waals surface area (Å²) in [4.78, 5) is 22.8. The van der Waals surface area contributed by atoms with Crippen molar-refractivity contribution >= 4 is 12.3 Å². The summed E-state index contributed by atoms with van der Waals surface area (Å²) in [5.74, 6) is -0.247. The molecule has 0 heterocycles. The highest BCUT2D eigenvalue weighted by Crippen LogP contribution is 2.56. The van der Waals surface area contributed by atoms with E-state index < -0.39 is 6.10 Å². The molecule has 1 fully saturated rings. The average molecular weight is 294 g/mol. The smallest absolute Gasteiger partial charge is 0.302 e. The maximum Gasteiger partial charge on any atom is 0.302 e. The van der Waals surface area contributed by atoms with Crippen molar-refractivity contribution in [2.75, 3.05) is 0 Å². The summed E-state index contributed by atoms with van der Waals surface area (Å²) in [7, 11) is 0. The molecule has 4 nitrogen and oxygen atoms in total. The molecule has 2 rings (SSSR count). The Balaban J connectivity index is 2.44. The maximum atomic E-state index is 11.4. The predicted octanol–water partition coefficient (Wildman–Crippen LogP) is 2.50. The highest BCUT2D eigenvalue weighted by molar-refractivity contribution is 5.66. The molecule has 0 aromatic rings. The highest BCUT2D eigenvalue weighted by Gasteiger charge is 2.53. The first-order valence-electron chi connectivity index (χ1n) is 7.82. The number of fused-ring (bicyclic) bond motifs is 1. The molecule has 0 unspecified atom stereocenters. The molecule has 118 valence electrons. The Kier molecular flexibility index (Phi) is 4.57. The van der Waals surface area contributed by atoms with Crippen LogP contribution in [0.15, 0.2) is 11.6 Å². The fraction of sp³-hybridized carbons (Fsp3) is 0.765. The van der Waals surface area contributed by atoms with Crippen LogP contribution in [-0.4, -0.2) is 29.6 Å². The first-order valence-corrected chi connectivity index (χ1v) is 7.82. The largest absolute Gasteiger partial charge is 0.462 e. The van der Waals surface area contributed by atoms with Gasteiger partial charge in [0.05, 0.1) is 6.10 Å². The number of rotatable bonds is 3. The van der Waals surface area contributed by atoms with Gasteiger partial charge < -0.3 is 14.6 Å². The van der Waals surface area contributed by atoms with Gasteiger partial charge >= 0.3 is 5.97 Å². The van der Waals surface area contributed by atoms with E-state index in [1.807, 2.05) is 13.0 Å². The predicted molar refractivity (Wildman–Crippen MR) is 79.5 cm³/mol. The van der Waals surface area contributed by atoms with Crippen molar-refractivity contribution in [1.29, 1.82) is 0 Å². The number of esters is 1. The van der Waals surface area contributed by atoms with Gasteiger partial charge in [0.25, 0.3) is 0 Å². The lowest BCUT2D eigenvalue weighted by Gasteiger charge is -2.54. The molecule has 6 atom stereocenters. The van der Waals surface area contributed by atoms with Gasteiger partial charge in [0.2, 0.25) is 0 Å². The zero-order valence-electron chi connectivity index (χ0n) is 13.3. The van der Waals surface area contributed by atoms with Crippen LogP contribution in [0, 0.1) is 23.2 Å². The molecule has 0 aromatic heterocycles. The van der Waals surface area contributed by atoms with E-state index >= 15 is 0 Å². The first kappa shape index (κ1) is 16.2. The van der Waals surface area contributed by atoms with Crippen LogP contribution < -0.4 is 0 Å². The third-order valence-electron chi connectivity index (χ3n) is 5.59. The second-order valence-corrected chi connectivity index (χ2v) is 6.89. The van der Waals surface area contributed by atoms with E-state index in [0.717, 1.165) is 19.1 Å². The van der Waals surface area contributed by atoms with Gasteiger partial charge in [0.1, 0.15) is 12.4 Å². The molecular formula is C17H26O4. The summed E-state index contributed by atoms with van der Waals surface area (Å²) in [6.07, 6.45) is 4.53. The van der Waals surface area contributed by atoms with Gasteiger partial charge in [-0.3, -0.25) is 4.79 Å². The Morgan fingerprint density at radius 1 is 1.57 bits per heavy atom. The lowest BCUT2D eigenvalue weighted by Crippen LogP contribution is -2.52. The van der Waals surface area contributed by atoms with Crippen molar-refractivity contribution in [2.45, 2.75) is 59.2 Å². The molecular weight excluding hydrogens is 268 g/mol. The summed E-state index contributed by atoms with van der Waals surface area (Å²) >= 11 is 0. The molecule has 21 heavy (non-hydrogen) atoms. The zero-order chi connectivity index (χ0) is 15.8. The summed E-state index contributed by atoms with van der Waals surface area (Å²) in [6.45, 7) is 7.61. The maximum absolute atomic E-state index is 11.4. The minimum Gasteiger partial charge on any atom is -0.462 e. The molecule has 4 heteroatoms. The highest BCUT2D eigenvalue weighted by atomic mass is 16.5. The molecule has 2 aliphatic carbocycles. The molecule has 1 N–H and O–H groups in total. The zero-order valence-corrected chi connectivity index (χ0v) is 13.3. The van der Waals surface area contributed by atoms with Crippen LogP contribution in [0.2, 0.25) is 0 Å². The molecule has 0 bridgehead atoms. The van der Waals surface area contributed by atoms with Crippen molar-refractivity contribution in [1.82, 2.24) is 0 Å². The SMILES string of the molecule is CC(=O)O[C@H]1CCC2=C[C@H](O)C[C@H](C)[C@@]2(C)[C@H]1[C@H](C)C=O. The standard InChI is InChI=1S/C17H26O4/c1-10(9-18)16-15(21-12(3)19)6-5-13-8-14(20)7-11(2)17(13,16)4/h8-11,14-16,20H,5-7H2,1-4H3/t10-,11+,14-,15+,16+,17-/m1/s1. The Morgan fingerprint density at radius 3 is 2.81 bits per heavy atom. The van der Waals surface area contributed by atoms with Gasteiger partial charge in [-0.25, -0.2) is 0 Å². The average Bonchev–Trinajstić information content (AvgIpc) is 2.39. The van der Waals surface area contributed by atoms with Crippen LogP contribution >= 0.6 is 0 Å². The third kappa shape index (κ3) is 2.78. The minimum absolute atomic E-state index is 0.0265. The van der Waals surface area contributed by atoms with Crippen molar-refractivity contribution in [3.05, 3.63) is 11.6 Å². The fourth-order valence-corrected chi connectivity index (χ4v) is 4.48. The lowest BCUT2D eigenvalue weighted by molar-refractivity contribution is -0.159. The second kappa shape index (κ2) is 5.91. The number of hydrogen-bond acceptors (Lipinski definition) is 4. The number of allylic oxidation sites excluding steroid dienone is 1. The Bertz CT molecular complexity index is 456. The molecule has 0 radical (unpaired) electrons. The fourth-order valence-electron chi connectivity index (χ4n) is 4.48. The van der Waals surface area contributed by atoms with Crippen LogP contribution in [0.4, 0.5) is 0 Å². The van der Waals surface area contributed by atoms with E-state index in [2.05, 4.69) is 13.8 Å². The molecule has 0 aliphatic heterocycles. The molecule has 0 spiro atoms. The van der Waals surface area contributed by atoms with Crippen molar-refractivity contribution in [3.8, 4) is 0 Å². The van der Waals surface area contributed by atoms with E-state index in [1.54, 1.807) is 0 Å². The Labute approximate surface area is 126 Å². The lowest BCUT2D eigenvalue weighted by atomic mass is 9.52. The van der Waals surface area contributed by atoms with E-state index in [0.29, 0.717) is 6.42 Å². The number of aliphatic hydroxyl groups excluding tert-OH is 1. The minimum atomic E-state index is -0.402. The van der Waals surface area contributed by atoms with Crippen LogP contribution in [0.5, 0.6) is 0 Å². The Morgan fingerprint density at radius 2 is 2.24 bits per heavy atom. The topological polar surface area (TPSA) is 63.6 Å². The van der Waals surface area contributed by atoms with Crippen molar-refractivity contribution in [3.63, 3.8) is 0 Å². The third-order valence-corrected chi connectivity index (χ3v) is 5.59. The van der Waals surface area contributed by atoms with Crippen LogP contribution in [0.3, 0.4) is 0 Å². The van der Waals surface area contributed by atoms with E-state index in [9.17, 15) is 14.7 Å². The van der Waals surface area contributed by atoms with Crippen LogP contribution in [0.25, 0.3) is 0 Å². The van der Waals surface area contributed by atoms with Gasteiger partial charge in [-0.2, -0.15) is 0 Å². The molecule has 0 saturated heterocycles.